The summed E-state index contributed by atoms with van der Waals surface area (Å²) in [6, 6.07) is 8.94. The number of esters is 1. The highest BCUT2D eigenvalue weighted by Crippen LogP contribution is 2.47. The first kappa shape index (κ1) is 41.1. The molecule has 1 unspecified atom stereocenters. The molecule has 0 aromatic heterocycles. The average Bonchev–Trinajstić information content (AvgIpc) is 3.18. The van der Waals surface area contributed by atoms with Crippen LogP contribution in [0.15, 0.2) is 54.3 Å². The highest BCUT2D eigenvalue weighted by Gasteiger charge is 2.49. The minimum atomic E-state index is -1.88. The van der Waals surface area contributed by atoms with Crippen LogP contribution in [0.5, 0.6) is 46.0 Å². The number of methoxy groups -OCH3 is 2. The van der Waals surface area contributed by atoms with Gasteiger partial charge in [0.2, 0.25) is 12.0 Å². The maximum atomic E-state index is 12.5. The molecule has 0 amide bonds. The summed E-state index contributed by atoms with van der Waals surface area (Å²) < 4.78 is 45.2. The largest absolute Gasteiger partial charge is 0.508 e. The summed E-state index contributed by atoms with van der Waals surface area (Å²) in [6.07, 6.45) is -13.8. The number of fused-ring (bicyclic) bond motifs is 1. The molecule has 3 aromatic rings. The van der Waals surface area contributed by atoms with Crippen LogP contribution < -0.4 is 14.2 Å². The normalized spacial score (nSPS) is 29.8. The van der Waals surface area contributed by atoms with Crippen molar-refractivity contribution in [3.8, 4) is 46.0 Å². The second kappa shape index (κ2) is 16.9. The molecular formula is C38H42O19. The number of aliphatic hydroxyl groups excluding tert-OH is 5. The van der Waals surface area contributed by atoms with E-state index in [-0.39, 0.29) is 51.4 Å². The number of phenols is 5. The van der Waals surface area contributed by atoms with Gasteiger partial charge in [-0.05, 0) is 48.9 Å². The summed E-state index contributed by atoms with van der Waals surface area (Å²) in [5.41, 5.74) is 0.687. The molecule has 57 heavy (non-hydrogen) atoms. The zero-order valence-corrected chi connectivity index (χ0v) is 30.5. The molecule has 6 rings (SSSR count). The molecule has 0 saturated carbocycles. The molecule has 0 radical (unpaired) electrons. The predicted molar refractivity (Wildman–Crippen MR) is 191 cm³/mol. The molecule has 11 atom stereocenters. The highest BCUT2D eigenvalue weighted by atomic mass is 16.7. The molecule has 3 aliphatic heterocycles. The van der Waals surface area contributed by atoms with E-state index >= 15 is 0 Å². The average molecular weight is 803 g/mol. The molecule has 3 aromatic carbocycles. The Bertz CT molecular complexity index is 1970. The number of aliphatic hydroxyl groups is 5. The number of ether oxygens (including phenoxy) is 8. The van der Waals surface area contributed by atoms with Gasteiger partial charge >= 0.3 is 5.97 Å². The molecule has 0 spiro atoms. The van der Waals surface area contributed by atoms with Crippen LogP contribution in [0.1, 0.15) is 29.7 Å². The van der Waals surface area contributed by atoms with Crippen molar-refractivity contribution in [3.05, 3.63) is 71.0 Å². The summed E-state index contributed by atoms with van der Waals surface area (Å²) in [7, 11) is 2.61. The van der Waals surface area contributed by atoms with Crippen LogP contribution in [-0.2, 0) is 28.5 Å². The molecule has 10 N–H and O–H groups in total. The van der Waals surface area contributed by atoms with Gasteiger partial charge in [-0.3, -0.25) is 0 Å². The van der Waals surface area contributed by atoms with Gasteiger partial charge in [-0.2, -0.15) is 0 Å². The number of phenolic OH excluding ortho intramolecular Hbond substituents is 5. The predicted octanol–water partition coefficient (Wildman–Crippen LogP) is 0.639. The quantitative estimate of drug-likeness (QED) is 0.0723. The third-order valence-corrected chi connectivity index (χ3v) is 9.49. The van der Waals surface area contributed by atoms with E-state index in [1.54, 1.807) is 0 Å². The Morgan fingerprint density at radius 1 is 0.772 bits per heavy atom. The number of hydrogen-bond donors (Lipinski definition) is 10. The number of carbonyl (C=O) groups excluding carboxylic acids is 1. The second-order valence-electron chi connectivity index (χ2n) is 13.3. The molecule has 2 saturated heterocycles. The van der Waals surface area contributed by atoms with E-state index in [1.807, 2.05) is 0 Å². The van der Waals surface area contributed by atoms with Gasteiger partial charge in [-0.15, -0.1) is 0 Å². The fourth-order valence-corrected chi connectivity index (χ4v) is 6.40. The maximum absolute atomic E-state index is 12.5. The zero-order chi connectivity index (χ0) is 41.3. The molecule has 19 heteroatoms. The number of benzene rings is 3. The lowest BCUT2D eigenvalue weighted by Crippen LogP contribution is -2.61. The first-order chi connectivity index (χ1) is 27.1. The fraction of sp³-hybridized carbons (Fsp3) is 0.395. The third kappa shape index (κ3) is 8.60. The van der Waals surface area contributed by atoms with E-state index in [2.05, 4.69) is 0 Å². The minimum absolute atomic E-state index is 0.0121. The number of carbonyl (C=O) groups is 1. The Hall–Kier alpha value is -5.51. The first-order valence-corrected chi connectivity index (χ1v) is 17.4. The van der Waals surface area contributed by atoms with Crippen molar-refractivity contribution in [2.45, 2.75) is 74.4 Å². The van der Waals surface area contributed by atoms with Crippen molar-refractivity contribution >= 4 is 18.1 Å². The molecule has 0 bridgehead atoms. The third-order valence-electron chi connectivity index (χ3n) is 9.49. The van der Waals surface area contributed by atoms with Gasteiger partial charge in [0.25, 0.3) is 0 Å². The van der Waals surface area contributed by atoms with Crippen LogP contribution in [0.4, 0.5) is 0 Å². The van der Waals surface area contributed by atoms with Crippen LogP contribution in [-0.4, -0.2) is 139 Å². The van der Waals surface area contributed by atoms with E-state index in [0.717, 1.165) is 12.1 Å². The number of rotatable bonds is 11. The first-order valence-electron chi connectivity index (χ1n) is 17.4. The Kier molecular flexibility index (Phi) is 12.2. The van der Waals surface area contributed by atoms with Crippen LogP contribution in [0.3, 0.4) is 0 Å². The highest BCUT2D eigenvalue weighted by molar-refractivity contribution is 5.87. The van der Waals surface area contributed by atoms with Crippen LogP contribution in [0.25, 0.3) is 12.2 Å². The SMILES string of the molecule is COc1cc(C2Oc3cc(O)cc(O)c3C=C2O[C@@H]2O[C@H](CO[C@@H]3O[C@@H](C)[C@H](OC(=O)/C=C/c4ccc(O)c(O)c4)[C@@H](O)[C@@H]3O)[C@H](O)[C@@H](O)[C@H]2O)cc(OC)c1O. The van der Waals surface area contributed by atoms with E-state index in [4.69, 9.17) is 37.9 Å². The van der Waals surface area contributed by atoms with Gasteiger partial charge in [0, 0.05) is 23.8 Å². The lowest BCUT2D eigenvalue weighted by atomic mass is 9.98. The van der Waals surface area contributed by atoms with Crippen LogP contribution in [0.2, 0.25) is 0 Å². The van der Waals surface area contributed by atoms with Gasteiger partial charge in [0.15, 0.2) is 41.5 Å². The topological polar surface area (TPSA) is 293 Å². The number of aromatic hydroxyl groups is 5. The van der Waals surface area contributed by atoms with Crippen LogP contribution >= 0.6 is 0 Å². The zero-order valence-electron chi connectivity index (χ0n) is 30.5. The van der Waals surface area contributed by atoms with Gasteiger partial charge in [-0.25, -0.2) is 4.79 Å². The molecule has 308 valence electrons. The molecule has 3 heterocycles. The smallest absolute Gasteiger partial charge is 0.331 e. The molecular weight excluding hydrogens is 760 g/mol. The summed E-state index contributed by atoms with van der Waals surface area (Å²) in [5.74, 6) is -2.84. The second-order valence-corrected chi connectivity index (χ2v) is 13.3. The standard InChI is InChI=1S/C38H42O19/c1-15-35(57-28(43)7-5-16-4-6-20(40)22(42)8-16)32(47)34(49)37(53-15)52-14-27-30(45)31(46)33(48)38(56-27)55-26-13-19-21(41)11-18(39)12-23(19)54-36(26)17-9-24(50-2)29(44)25(10-17)51-3/h4-13,15,27,30-42,44-49H,14H2,1-3H3/b7-5+/t15-,27+,30-,31+,32-,33+,34-,35-,36?,37+,38+/m0/s1. The van der Waals surface area contributed by atoms with Gasteiger partial charge in [0.1, 0.15) is 59.6 Å². The van der Waals surface area contributed by atoms with Crippen molar-refractivity contribution in [3.63, 3.8) is 0 Å². The lowest BCUT2D eigenvalue weighted by molar-refractivity contribution is -0.325. The molecule has 2 fully saturated rings. The monoisotopic (exact) mass is 802 g/mol. The summed E-state index contributed by atoms with van der Waals surface area (Å²) in [5, 5.41) is 105. The van der Waals surface area contributed by atoms with E-state index in [1.165, 1.54) is 69.7 Å². The Labute approximate surface area is 323 Å². The summed E-state index contributed by atoms with van der Waals surface area (Å²) in [6.45, 7) is 0.834. The van der Waals surface area contributed by atoms with Crippen molar-refractivity contribution in [2.24, 2.45) is 0 Å². The van der Waals surface area contributed by atoms with Gasteiger partial charge in [0.05, 0.1) is 32.5 Å². The Morgan fingerprint density at radius 2 is 1.46 bits per heavy atom. The Balaban J connectivity index is 1.16. The summed E-state index contributed by atoms with van der Waals surface area (Å²) in [4.78, 5) is 12.5. The minimum Gasteiger partial charge on any atom is -0.508 e. The number of hydrogen-bond acceptors (Lipinski definition) is 19. The lowest BCUT2D eigenvalue weighted by Gasteiger charge is -2.43. The molecule has 0 aliphatic carbocycles. The van der Waals surface area contributed by atoms with Crippen molar-refractivity contribution < 1.29 is 93.8 Å². The van der Waals surface area contributed by atoms with Gasteiger partial charge in [-0.1, -0.05) is 6.07 Å². The molecule has 3 aliphatic rings. The van der Waals surface area contributed by atoms with Crippen molar-refractivity contribution in [2.75, 3.05) is 20.8 Å². The molecule has 19 nitrogen and oxygen atoms in total. The van der Waals surface area contributed by atoms with E-state index in [0.29, 0.717) is 5.56 Å². The van der Waals surface area contributed by atoms with Crippen LogP contribution in [0, 0.1) is 0 Å². The fourth-order valence-electron chi connectivity index (χ4n) is 6.40. The van der Waals surface area contributed by atoms with Gasteiger partial charge < -0.3 is 89.0 Å². The van der Waals surface area contributed by atoms with E-state index < -0.39 is 91.6 Å². The maximum Gasteiger partial charge on any atom is 0.331 e. The van der Waals surface area contributed by atoms with E-state index in [9.17, 15) is 55.9 Å². The Morgan fingerprint density at radius 3 is 2.12 bits per heavy atom. The van der Waals surface area contributed by atoms with Crippen molar-refractivity contribution in [1.29, 1.82) is 0 Å². The summed E-state index contributed by atoms with van der Waals surface area (Å²) >= 11 is 0. The van der Waals surface area contributed by atoms with Crippen molar-refractivity contribution in [1.82, 2.24) is 0 Å².